The fourth-order valence-corrected chi connectivity index (χ4v) is 3.40. The molecule has 2 unspecified atom stereocenters. The third-order valence-corrected chi connectivity index (χ3v) is 4.56. The van der Waals surface area contributed by atoms with Crippen molar-refractivity contribution in [2.75, 3.05) is 20.3 Å². The summed E-state index contributed by atoms with van der Waals surface area (Å²) >= 11 is 3.55. The average Bonchev–Trinajstić information content (AvgIpc) is 2.98. The molecule has 3 nitrogen and oxygen atoms in total. The highest BCUT2D eigenvalue weighted by Gasteiger charge is 2.18. The van der Waals surface area contributed by atoms with Gasteiger partial charge in [-0.15, -0.1) is 0 Å². The number of halogens is 1. The van der Waals surface area contributed by atoms with Crippen molar-refractivity contribution < 1.29 is 9.47 Å². The van der Waals surface area contributed by atoms with E-state index < -0.39 is 0 Å². The highest BCUT2D eigenvalue weighted by molar-refractivity contribution is 9.10. The molecule has 1 aromatic carbocycles. The Balaban J connectivity index is 1.96. The van der Waals surface area contributed by atoms with Gasteiger partial charge in [0.15, 0.2) is 0 Å². The molecular formula is C17H26BrNO2. The van der Waals surface area contributed by atoms with Gasteiger partial charge in [-0.25, -0.2) is 0 Å². The van der Waals surface area contributed by atoms with Crippen LogP contribution < -0.4 is 10.1 Å². The van der Waals surface area contributed by atoms with Crippen molar-refractivity contribution in [3.05, 3.63) is 28.2 Å². The van der Waals surface area contributed by atoms with Crippen molar-refractivity contribution >= 4 is 15.9 Å². The first-order valence-corrected chi connectivity index (χ1v) is 8.69. The summed E-state index contributed by atoms with van der Waals surface area (Å²) in [6, 6.07) is 6.69. The molecule has 1 aliphatic rings. The maximum absolute atomic E-state index is 5.74. The van der Waals surface area contributed by atoms with Crippen molar-refractivity contribution in [3.63, 3.8) is 0 Å². The quantitative estimate of drug-likeness (QED) is 0.765. The van der Waals surface area contributed by atoms with E-state index in [4.69, 9.17) is 9.47 Å². The number of hydrogen-bond acceptors (Lipinski definition) is 3. The standard InChI is InChI=1S/C17H26BrNO2/c1-3-19-15(7-8-16-5-4-10-21-16)12-13-11-14(18)6-9-17(13)20-2/h6,9,11,15-16,19H,3-5,7-8,10,12H2,1-2H3. The van der Waals surface area contributed by atoms with Crippen LogP contribution in [0, 0.1) is 0 Å². The van der Waals surface area contributed by atoms with Crippen molar-refractivity contribution in [1.29, 1.82) is 0 Å². The van der Waals surface area contributed by atoms with Crippen LogP contribution >= 0.6 is 15.9 Å². The van der Waals surface area contributed by atoms with Crippen LogP contribution in [0.5, 0.6) is 5.75 Å². The maximum Gasteiger partial charge on any atom is 0.122 e. The van der Waals surface area contributed by atoms with Gasteiger partial charge in [-0.2, -0.15) is 0 Å². The van der Waals surface area contributed by atoms with E-state index in [1.54, 1.807) is 7.11 Å². The molecule has 2 atom stereocenters. The van der Waals surface area contributed by atoms with Crippen LogP contribution in [0.4, 0.5) is 0 Å². The zero-order valence-electron chi connectivity index (χ0n) is 13.0. The third kappa shape index (κ3) is 5.28. The second-order valence-corrected chi connectivity index (χ2v) is 6.54. The molecule has 4 heteroatoms. The molecule has 1 aromatic rings. The lowest BCUT2D eigenvalue weighted by Crippen LogP contribution is -2.32. The lowest BCUT2D eigenvalue weighted by atomic mass is 9.98. The minimum Gasteiger partial charge on any atom is -0.496 e. The summed E-state index contributed by atoms with van der Waals surface area (Å²) in [7, 11) is 1.74. The SMILES string of the molecule is CCNC(CCC1CCCO1)Cc1cc(Br)ccc1OC. The van der Waals surface area contributed by atoms with E-state index in [0.717, 1.165) is 42.6 Å². The van der Waals surface area contributed by atoms with Gasteiger partial charge in [-0.3, -0.25) is 0 Å². The molecule has 2 rings (SSSR count). The Labute approximate surface area is 136 Å². The predicted molar refractivity (Wildman–Crippen MR) is 90.1 cm³/mol. The van der Waals surface area contributed by atoms with E-state index >= 15 is 0 Å². The number of ether oxygens (including phenoxy) is 2. The summed E-state index contributed by atoms with van der Waals surface area (Å²) in [4.78, 5) is 0. The molecule has 0 amide bonds. The number of benzene rings is 1. The summed E-state index contributed by atoms with van der Waals surface area (Å²) in [6.45, 7) is 4.10. The minimum atomic E-state index is 0.468. The largest absolute Gasteiger partial charge is 0.496 e. The Hall–Kier alpha value is -0.580. The first kappa shape index (κ1) is 16.8. The summed E-state index contributed by atoms with van der Waals surface area (Å²) < 4.78 is 12.3. The Bertz CT molecular complexity index is 433. The summed E-state index contributed by atoms with van der Waals surface area (Å²) in [5.74, 6) is 0.971. The Morgan fingerprint density at radius 1 is 1.48 bits per heavy atom. The Morgan fingerprint density at radius 2 is 2.33 bits per heavy atom. The van der Waals surface area contributed by atoms with Crippen molar-refractivity contribution in [2.45, 2.75) is 51.2 Å². The van der Waals surface area contributed by atoms with Crippen LogP contribution in [-0.2, 0) is 11.2 Å². The van der Waals surface area contributed by atoms with Crippen molar-refractivity contribution in [2.24, 2.45) is 0 Å². The lowest BCUT2D eigenvalue weighted by Gasteiger charge is -2.21. The molecule has 118 valence electrons. The zero-order chi connectivity index (χ0) is 15.1. The van der Waals surface area contributed by atoms with Crippen LogP contribution in [-0.4, -0.2) is 32.4 Å². The average molecular weight is 356 g/mol. The van der Waals surface area contributed by atoms with E-state index in [-0.39, 0.29) is 0 Å². The van der Waals surface area contributed by atoms with Crippen LogP contribution in [0.1, 0.15) is 38.2 Å². The van der Waals surface area contributed by atoms with Gasteiger partial charge in [-0.1, -0.05) is 22.9 Å². The van der Waals surface area contributed by atoms with Gasteiger partial charge in [0.25, 0.3) is 0 Å². The fraction of sp³-hybridized carbons (Fsp3) is 0.647. The molecule has 1 heterocycles. The van der Waals surface area contributed by atoms with E-state index in [1.807, 2.05) is 12.1 Å². The van der Waals surface area contributed by atoms with Gasteiger partial charge in [0.05, 0.1) is 13.2 Å². The van der Waals surface area contributed by atoms with Gasteiger partial charge in [-0.05, 0) is 62.4 Å². The predicted octanol–water partition coefficient (Wildman–Crippen LogP) is 3.94. The number of methoxy groups -OCH3 is 1. The molecule has 0 bridgehead atoms. The summed E-state index contributed by atoms with van der Waals surface area (Å²) in [6.07, 6.45) is 6.19. The first-order chi connectivity index (χ1) is 10.2. The van der Waals surface area contributed by atoms with Gasteiger partial charge in [0.1, 0.15) is 5.75 Å². The minimum absolute atomic E-state index is 0.468. The normalized spacial score (nSPS) is 19.7. The van der Waals surface area contributed by atoms with Crippen LogP contribution in [0.3, 0.4) is 0 Å². The Kier molecular flexibility index (Phi) is 7.00. The molecule has 1 saturated heterocycles. The molecule has 1 fully saturated rings. The first-order valence-electron chi connectivity index (χ1n) is 7.90. The van der Waals surface area contributed by atoms with Crippen molar-refractivity contribution in [1.82, 2.24) is 5.32 Å². The summed E-state index contributed by atoms with van der Waals surface area (Å²) in [5, 5.41) is 3.60. The zero-order valence-corrected chi connectivity index (χ0v) is 14.6. The van der Waals surface area contributed by atoms with E-state index in [2.05, 4.69) is 34.2 Å². The van der Waals surface area contributed by atoms with Crippen LogP contribution in [0.2, 0.25) is 0 Å². The smallest absolute Gasteiger partial charge is 0.122 e. The van der Waals surface area contributed by atoms with Crippen LogP contribution in [0.25, 0.3) is 0 Å². The molecular weight excluding hydrogens is 330 g/mol. The monoisotopic (exact) mass is 355 g/mol. The maximum atomic E-state index is 5.74. The van der Waals surface area contributed by atoms with Crippen LogP contribution in [0.15, 0.2) is 22.7 Å². The van der Waals surface area contributed by atoms with E-state index in [9.17, 15) is 0 Å². The number of hydrogen-bond donors (Lipinski definition) is 1. The molecule has 0 spiro atoms. The highest BCUT2D eigenvalue weighted by Crippen LogP contribution is 2.26. The highest BCUT2D eigenvalue weighted by atomic mass is 79.9. The number of rotatable bonds is 8. The number of likely N-dealkylation sites (N-methyl/N-ethyl adjacent to an activating group) is 1. The molecule has 0 radical (unpaired) electrons. The van der Waals surface area contributed by atoms with Gasteiger partial charge < -0.3 is 14.8 Å². The van der Waals surface area contributed by atoms with Gasteiger partial charge >= 0.3 is 0 Å². The van der Waals surface area contributed by atoms with Crippen molar-refractivity contribution in [3.8, 4) is 5.75 Å². The molecule has 0 aromatic heterocycles. The van der Waals surface area contributed by atoms with E-state index in [0.29, 0.717) is 12.1 Å². The van der Waals surface area contributed by atoms with Gasteiger partial charge in [0.2, 0.25) is 0 Å². The summed E-state index contributed by atoms with van der Waals surface area (Å²) in [5.41, 5.74) is 1.25. The molecule has 1 N–H and O–H groups in total. The van der Waals surface area contributed by atoms with Gasteiger partial charge in [0, 0.05) is 17.1 Å². The molecule has 21 heavy (non-hydrogen) atoms. The number of nitrogens with one attached hydrogen (secondary N) is 1. The molecule has 0 aliphatic carbocycles. The second kappa shape index (κ2) is 8.76. The topological polar surface area (TPSA) is 30.5 Å². The third-order valence-electron chi connectivity index (χ3n) is 4.06. The fourth-order valence-electron chi connectivity index (χ4n) is 3.00. The second-order valence-electron chi connectivity index (χ2n) is 5.63. The molecule has 1 aliphatic heterocycles. The molecule has 0 saturated carbocycles. The Morgan fingerprint density at radius 3 is 3.00 bits per heavy atom. The van der Waals surface area contributed by atoms with E-state index in [1.165, 1.54) is 18.4 Å². The lowest BCUT2D eigenvalue weighted by molar-refractivity contribution is 0.0996.